The van der Waals surface area contributed by atoms with E-state index in [0.717, 1.165) is 12.3 Å². The van der Waals surface area contributed by atoms with E-state index in [2.05, 4.69) is 35.6 Å². The Balaban J connectivity index is 2.09. The maximum absolute atomic E-state index is 11.4. The van der Waals surface area contributed by atoms with Crippen LogP contribution in [0, 0.1) is 6.92 Å². The Morgan fingerprint density at radius 1 is 1.29 bits per heavy atom. The SMILES string of the molecule is COC(=O)c1ccc(C(C)N(C)Cc2ccccc2C)o1. The minimum atomic E-state index is -0.449. The van der Waals surface area contributed by atoms with Gasteiger partial charge in [0.05, 0.1) is 13.2 Å². The molecule has 1 atom stereocenters. The van der Waals surface area contributed by atoms with Gasteiger partial charge in [-0.1, -0.05) is 24.3 Å². The Morgan fingerprint density at radius 2 is 2.00 bits per heavy atom. The lowest BCUT2D eigenvalue weighted by Crippen LogP contribution is -2.22. The second-order valence-electron chi connectivity index (χ2n) is 5.21. The molecular formula is C17H21NO3. The number of aryl methyl sites for hydroxylation is 1. The fourth-order valence-electron chi connectivity index (χ4n) is 2.20. The molecule has 0 saturated carbocycles. The van der Waals surface area contributed by atoms with Crippen molar-refractivity contribution in [2.45, 2.75) is 26.4 Å². The summed E-state index contributed by atoms with van der Waals surface area (Å²) in [5.74, 6) is 0.546. The van der Waals surface area contributed by atoms with Gasteiger partial charge in [0.2, 0.25) is 5.76 Å². The lowest BCUT2D eigenvalue weighted by molar-refractivity contribution is 0.0559. The summed E-state index contributed by atoms with van der Waals surface area (Å²) >= 11 is 0. The molecule has 2 aromatic rings. The maximum atomic E-state index is 11.4. The van der Waals surface area contributed by atoms with Crippen LogP contribution in [0.5, 0.6) is 0 Å². The molecule has 0 aliphatic carbocycles. The van der Waals surface area contributed by atoms with Crippen LogP contribution in [0.4, 0.5) is 0 Å². The topological polar surface area (TPSA) is 42.7 Å². The number of carbonyl (C=O) groups is 1. The molecule has 21 heavy (non-hydrogen) atoms. The van der Waals surface area contributed by atoms with Gasteiger partial charge in [0, 0.05) is 6.54 Å². The first-order valence-corrected chi connectivity index (χ1v) is 6.95. The Bertz CT molecular complexity index is 618. The third-order valence-corrected chi connectivity index (χ3v) is 3.77. The number of methoxy groups -OCH3 is 1. The molecule has 1 aromatic carbocycles. The lowest BCUT2D eigenvalue weighted by Gasteiger charge is -2.23. The van der Waals surface area contributed by atoms with Crippen LogP contribution in [-0.4, -0.2) is 25.0 Å². The van der Waals surface area contributed by atoms with Gasteiger partial charge >= 0.3 is 5.97 Å². The normalized spacial score (nSPS) is 12.4. The molecule has 4 heteroatoms. The molecule has 112 valence electrons. The fraction of sp³-hybridized carbons (Fsp3) is 0.353. The number of hydrogen-bond acceptors (Lipinski definition) is 4. The van der Waals surface area contributed by atoms with Crippen molar-refractivity contribution in [3.8, 4) is 0 Å². The summed E-state index contributed by atoms with van der Waals surface area (Å²) in [4.78, 5) is 13.6. The van der Waals surface area contributed by atoms with Crippen LogP contribution in [0.25, 0.3) is 0 Å². The Morgan fingerprint density at radius 3 is 2.67 bits per heavy atom. The van der Waals surface area contributed by atoms with Gasteiger partial charge in [-0.3, -0.25) is 4.90 Å². The molecule has 0 spiro atoms. The summed E-state index contributed by atoms with van der Waals surface area (Å²) in [7, 11) is 3.38. The van der Waals surface area contributed by atoms with Gasteiger partial charge in [-0.25, -0.2) is 4.79 Å². The smallest absolute Gasteiger partial charge is 0.373 e. The summed E-state index contributed by atoms with van der Waals surface area (Å²) in [5, 5.41) is 0. The average Bonchev–Trinajstić information content (AvgIpc) is 2.97. The van der Waals surface area contributed by atoms with Crippen LogP contribution in [0.2, 0.25) is 0 Å². The van der Waals surface area contributed by atoms with E-state index < -0.39 is 5.97 Å². The van der Waals surface area contributed by atoms with Crippen LogP contribution < -0.4 is 0 Å². The summed E-state index contributed by atoms with van der Waals surface area (Å²) in [5.41, 5.74) is 2.55. The van der Waals surface area contributed by atoms with Crippen molar-refractivity contribution in [3.05, 3.63) is 59.0 Å². The van der Waals surface area contributed by atoms with Gasteiger partial charge < -0.3 is 9.15 Å². The van der Waals surface area contributed by atoms with E-state index in [1.807, 2.05) is 25.2 Å². The van der Waals surface area contributed by atoms with Gasteiger partial charge in [-0.2, -0.15) is 0 Å². The van der Waals surface area contributed by atoms with Crippen molar-refractivity contribution in [3.63, 3.8) is 0 Å². The predicted octanol–water partition coefficient (Wildman–Crippen LogP) is 3.57. The van der Waals surface area contributed by atoms with Crippen LogP contribution in [0.15, 0.2) is 40.8 Å². The molecule has 2 rings (SSSR count). The highest BCUT2D eigenvalue weighted by atomic mass is 16.5. The molecule has 0 N–H and O–H groups in total. The van der Waals surface area contributed by atoms with Crippen molar-refractivity contribution in [2.75, 3.05) is 14.2 Å². The number of hydrogen-bond donors (Lipinski definition) is 0. The van der Waals surface area contributed by atoms with Gasteiger partial charge in [0.1, 0.15) is 5.76 Å². The average molecular weight is 287 g/mol. The highest BCUT2D eigenvalue weighted by Gasteiger charge is 2.19. The van der Waals surface area contributed by atoms with E-state index in [0.29, 0.717) is 0 Å². The molecule has 1 heterocycles. The first-order chi connectivity index (χ1) is 10.0. The Kier molecular flexibility index (Phi) is 4.81. The molecule has 0 fully saturated rings. The van der Waals surface area contributed by atoms with E-state index >= 15 is 0 Å². The Labute approximate surface area is 125 Å². The lowest BCUT2D eigenvalue weighted by atomic mass is 10.1. The number of nitrogens with zero attached hydrogens (tertiary/aromatic N) is 1. The second-order valence-corrected chi connectivity index (χ2v) is 5.21. The van der Waals surface area contributed by atoms with Gasteiger partial charge in [0.15, 0.2) is 0 Å². The first kappa shape index (κ1) is 15.3. The quantitative estimate of drug-likeness (QED) is 0.788. The molecule has 0 saturated heterocycles. The zero-order valence-electron chi connectivity index (χ0n) is 12.9. The molecule has 1 unspecified atom stereocenters. The van der Waals surface area contributed by atoms with Crippen LogP contribution >= 0.6 is 0 Å². The largest absolute Gasteiger partial charge is 0.463 e. The summed E-state index contributed by atoms with van der Waals surface area (Å²) in [6, 6.07) is 11.9. The van der Waals surface area contributed by atoms with E-state index in [4.69, 9.17) is 4.42 Å². The third-order valence-electron chi connectivity index (χ3n) is 3.77. The van der Waals surface area contributed by atoms with E-state index in [1.54, 1.807) is 6.07 Å². The highest BCUT2D eigenvalue weighted by Crippen LogP contribution is 2.24. The fourth-order valence-corrected chi connectivity index (χ4v) is 2.20. The van der Waals surface area contributed by atoms with Crippen LogP contribution in [0.1, 0.15) is 40.4 Å². The summed E-state index contributed by atoms with van der Waals surface area (Å²) in [6.07, 6.45) is 0. The van der Waals surface area contributed by atoms with Crippen molar-refractivity contribution in [1.29, 1.82) is 0 Å². The van der Waals surface area contributed by atoms with E-state index in [9.17, 15) is 4.79 Å². The minimum absolute atomic E-state index is 0.0722. The number of benzene rings is 1. The third kappa shape index (κ3) is 3.52. The molecule has 1 aromatic heterocycles. The number of ether oxygens (including phenoxy) is 1. The predicted molar refractivity (Wildman–Crippen MR) is 81.1 cm³/mol. The second kappa shape index (κ2) is 6.59. The Hall–Kier alpha value is -2.07. The monoisotopic (exact) mass is 287 g/mol. The van der Waals surface area contributed by atoms with Crippen molar-refractivity contribution >= 4 is 5.97 Å². The molecule has 0 aliphatic heterocycles. The molecular weight excluding hydrogens is 266 g/mol. The molecule has 0 amide bonds. The molecule has 0 bridgehead atoms. The zero-order chi connectivity index (χ0) is 15.4. The number of esters is 1. The first-order valence-electron chi connectivity index (χ1n) is 6.95. The molecule has 4 nitrogen and oxygen atoms in total. The highest BCUT2D eigenvalue weighted by molar-refractivity contribution is 5.86. The van der Waals surface area contributed by atoms with E-state index in [1.165, 1.54) is 18.2 Å². The van der Waals surface area contributed by atoms with Gasteiger partial charge in [-0.05, 0) is 44.2 Å². The van der Waals surface area contributed by atoms with Crippen molar-refractivity contribution in [1.82, 2.24) is 4.90 Å². The van der Waals surface area contributed by atoms with Gasteiger partial charge in [0.25, 0.3) is 0 Å². The standard InChI is InChI=1S/C17H21NO3/c1-12-7-5-6-8-14(12)11-18(3)13(2)15-9-10-16(21-15)17(19)20-4/h5-10,13H,11H2,1-4H3. The molecule has 0 radical (unpaired) electrons. The number of carbonyl (C=O) groups excluding carboxylic acids is 1. The number of rotatable bonds is 5. The summed E-state index contributed by atoms with van der Waals surface area (Å²) in [6.45, 7) is 4.98. The zero-order valence-corrected chi connectivity index (χ0v) is 12.9. The minimum Gasteiger partial charge on any atom is -0.463 e. The molecule has 0 aliphatic rings. The van der Waals surface area contributed by atoms with Crippen LogP contribution in [-0.2, 0) is 11.3 Å². The van der Waals surface area contributed by atoms with Gasteiger partial charge in [-0.15, -0.1) is 0 Å². The number of furan rings is 1. The summed E-state index contributed by atoms with van der Waals surface area (Å²) < 4.78 is 10.2. The maximum Gasteiger partial charge on any atom is 0.373 e. The van der Waals surface area contributed by atoms with Crippen LogP contribution in [0.3, 0.4) is 0 Å². The van der Waals surface area contributed by atoms with E-state index in [-0.39, 0.29) is 11.8 Å². The van der Waals surface area contributed by atoms with Crippen molar-refractivity contribution < 1.29 is 13.9 Å². The van der Waals surface area contributed by atoms with Crippen molar-refractivity contribution in [2.24, 2.45) is 0 Å².